The number of nitriles is 1. The van der Waals surface area contributed by atoms with Crippen LogP contribution in [-0.4, -0.2) is 58.3 Å². The molecule has 0 bridgehead atoms. The highest BCUT2D eigenvalue weighted by Crippen LogP contribution is 2.33. The van der Waals surface area contributed by atoms with Crippen molar-refractivity contribution in [1.29, 1.82) is 5.26 Å². The molecular formula is C21H29F3N4O2S. The van der Waals surface area contributed by atoms with E-state index < -0.39 is 21.8 Å². The minimum Gasteiger partial charge on any atom is -0.369 e. The van der Waals surface area contributed by atoms with Crippen molar-refractivity contribution >= 4 is 15.7 Å². The van der Waals surface area contributed by atoms with Crippen LogP contribution in [0.1, 0.15) is 43.2 Å². The molecule has 0 atom stereocenters. The standard InChI is InChI=1S/C21H29F3N4O2S/c1-31(29,30)26-19-4-2-16(3-5-19)6-7-27-8-10-28(11-9-27)20-13-17(15-25)12-18(14-20)21(22,23)24/h12-14,16,19,26H,2-11H2,1H3. The first-order valence-corrected chi connectivity index (χ1v) is 12.5. The van der Waals surface area contributed by atoms with E-state index in [9.17, 15) is 21.6 Å². The third-order valence-electron chi connectivity index (χ3n) is 6.19. The molecule has 1 aliphatic heterocycles. The Balaban J connectivity index is 1.46. The Morgan fingerprint density at radius 1 is 1.10 bits per heavy atom. The van der Waals surface area contributed by atoms with E-state index in [1.807, 2.05) is 11.0 Å². The smallest absolute Gasteiger partial charge is 0.369 e. The van der Waals surface area contributed by atoms with Gasteiger partial charge >= 0.3 is 6.18 Å². The quantitative estimate of drug-likeness (QED) is 0.709. The van der Waals surface area contributed by atoms with Crippen LogP contribution in [0.3, 0.4) is 0 Å². The number of anilines is 1. The zero-order valence-electron chi connectivity index (χ0n) is 17.7. The summed E-state index contributed by atoms with van der Waals surface area (Å²) in [7, 11) is -3.16. The fraction of sp³-hybridized carbons (Fsp3) is 0.667. The summed E-state index contributed by atoms with van der Waals surface area (Å²) in [5.74, 6) is 0.581. The minimum absolute atomic E-state index is 0.0215. The van der Waals surface area contributed by atoms with E-state index in [0.29, 0.717) is 24.7 Å². The van der Waals surface area contributed by atoms with Crippen LogP contribution in [0.2, 0.25) is 0 Å². The molecule has 1 saturated heterocycles. The molecule has 1 N–H and O–H groups in total. The van der Waals surface area contributed by atoms with Crippen LogP contribution in [0.25, 0.3) is 0 Å². The van der Waals surface area contributed by atoms with Gasteiger partial charge in [0.05, 0.1) is 23.5 Å². The number of hydrogen-bond donors (Lipinski definition) is 1. The van der Waals surface area contributed by atoms with Crippen LogP contribution in [0.4, 0.5) is 18.9 Å². The van der Waals surface area contributed by atoms with Gasteiger partial charge in [-0.15, -0.1) is 0 Å². The van der Waals surface area contributed by atoms with Crippen molar-refractivity contribution in [2.45, 2.75) is 44.3 Å². The first-order valence-electron chi connectivity index (χ1n) is 10.6. The van der Waals surface area contributed by atoms with Crippen molar-refractivity contribution in [3.63, 3.8) is 0 Å². The van der Waals surface area contributed by atoms with Gasteiger partial charge in [0, 0.05) is 37.9 Å². The van der Waals surface area contributed by atoms with Crippen LogP contribution in [0.15, 0.2) is 18.2 Å². The second-order valence-corrected chi connectivity index (χ2v) is 10.4. The highest BCUT2D eigenvalue weighted by atomic mass is 32.2. The zero-order chi connectivity index (χ0) is 22.6. The number of rotatable bonds is 6. The van der Waals surface area contributed by atoms with Crippen molar-refractivity contribution in [2.24, 2.45) is 5.92 Å². The van der Waals surface area contributed by atoms with Crippen molar-refractivity contribution in [1.82, 2.24) is 9.62 Å². The van der Waals surface area contributed by atoms with Gasteiger partial charge in [-0.2, -0.15) is 18.4 Å². The lowest BCUT2D eigenvalue weighted by atomic mass is 9.84. The second kappa shape index (κ2) is 9.76. The van der Waals surface area contributed by atoms with Gasteiger partial charge in [0.25, 0.3) is 0 Å². The van der Waals surface area contributed by atoms with E-state index in [0.717, 1.165) is 63.9 Å². The largest absolute Gasteiger partial charge is 0.416 e. The average molecular weight is 459 g/mol. The first kappa shape index (κ1) is 23.8. The fourth-order valence-corrected chi connectivity index (χ4v) is 5.33. The Kier molecular flexibility index (Phi) is 7.50. The van der Waals surface area contributed by atoms with Crippen LogP contribution in [-0.2, 0) is 16.2 Å². The summed E-state index contributed by atoms with van der Waals surface area (Å²) < 4.78 is 64.8. The molecule has 0 spiro atoms. The Morgan fingerprint density at radius 3 is 2.29 bits per heavy atom. The Hall–Kier alpha value is -1.83. The van der Waals surface area contributed by atoms with Crippen LogP contribution in [0.5, 0.6) is 0 Å². The third kappa shape index (κ3) is 7.09. The molecule has 1 aromatic rings. The maximum Gasteiger partial charge on any atom is 0.416 e. The van der Waals surface area contributed by atoms with Crippen molar-refractivity contribution in [3.8, 4) is 6.07 Å². The number of sulfonamides is 1. The number of halogens is 3. The molecule has 0 unspecified atom stereocenters. The van der Waals surface area contributed by atoms with Gasteiger partial charge in [0.15, 0.2) is 0 Å². The molecule has 1 aliphatic carbocycles. The number of benzene rings is 1. The Labute approximate surface area is 182 Å². The average Bonchev–Trinajstić information content (AvgIpc) is 2.71. The molecule has 1 heterocycles. The van der Waals surface area contributed by atoms with Gasteiger partial charge < -0.3 is 4.90 Å². The van der Waals surface area contributed by atoms with Gasteiger partial charge in [-0.05, 0) is 62.8 Å². The van der Waals surface area contributed by atoms with Crippen molar-refractivity contribution < 1.29 is 21.6 Å². The Bertz CT molecular complexity index is 898. The summed E-state index contributed by atoms with van der Waals surface area (Å²) in [4.78, 5) is 4.24. The monoisotopic (exact) mass is 458 g/mol. The number of alkyl halides is 3. The molecule has 2 aliphatic rings. The maximum atomic E-state index is 13.1. The van der Waals surface area contributed by atoms with E-state index in [2.05, 4.69) is 9.62 Å². The lowest BCUT2D eigenvalue weighted by molar-refractivity contribution is -0.137. The summed E-state index contributed by atoms with van der Waals surface area (Å²) >= 11 is 0. The summed E-state index contributed by atoms with van der Waals surface area (Å²) in [6.45, 7) is 3.72. The Morgan fingerprint density at radius 2 is 1.74 bits per heavy atom. The topological polar surface area (TPSA) is 76.4 Å². The van der Waals surface area contributed by atoms with Gasteiger partial charge in [0.1, 0.15) is 0 Å². The lowest BCUT2D eigenvalue weighted by Crippen LogP contribution is -2.47. The SMILES string of the molecule is CS(=O)(=O)NC1CCC(CCN2CCN(c3cc(C#N)cc(C(F)(F)F)c3)CC2)CC1. The molecule has 172 valence electrons. The molecule has 0 aromatic heterocycles. The molecule has 0 radical (unpaired) electrons. The molecule has 1 saturated carbocycles. The zero-order valence-corrected chi connectivity index (χ0v) is 18.5. The number of nitrogens with zero attached hydrogens (tertiary/aromatic N) is 3. The fourth-order valence-electron chi connectivity index (χ4n) is 4.49. The third-order valence-corrected chi connectivity index (χ3v) is 6.95. The molecule has 2 fully saturated rings. The van der Waals surface area contributed by atoms with E-state index in [1.54, 1.807) is 0 Å². The van der Waals surface area contributed by atoms with Gasteiger partial charge in [-0.25, -0.2) is 13.1 Å². The highest BCUT2D eigenvalue weighted by Gasteiger charge is 2.32. The van der Waals surface area contributed by atoms with Gasteiger partial charge in [-0.1, -0.05) is 0 Å². The van der Waals surface area contributed by atoms with Gasteiger partial charge in [0.2, 0.25) is 10.0 Å². The number of hydrogen-bond acceptors (Lipinski definition) is 5. The van der Waals surface area contributed by atoms with Crippen LogP contribution >= 0.6 is 0 Å². The number of piperazine rings is 1. The first-order chi connectivity index (χ1) is 14.5. The summed E-state index contributed by atoms with van der Waals surface area (Å²) in [6.07, 6.45) is 1.51. The van der Waals surface area contributed by atoms with Crippen LogP contribution in [0, 0.1) is 17.2 Å². The highest BCUT2D eigenvalue weighted by molar-refractivity contribution is 7.88. The molecule has 0 amide bonds. The summed E-state index contributed by atoms with van der Waals surface area (Å²) in [6, 6.07) is 5.40. The van der Waals surface area contributed by atoms with Crippen LogP contribution < -0.4 is 9.62 Å². The van der Waals surface area contributed by atoms with E-state index in [4.69, 9.17) is 5.26 Å². The lowest BCUT2D eigenvalue weighted by Gasteiger charge is -2.37. The molecular weight excluding hydrogens is 429 g/mol. The minimum atomic E-state index is -4.47. The maximum absolute atomic E-state index is 13.1. The normalized spacial score (nSPS) is 23.5. The van der Waals surface area contributed by atoms with Crippen molar-refractivity contribution in [2.75, 3.05) is 43.9 Å². The molecule has 10 heteroatoms. The van der Waals surface area contributed by atoms with Crippen molar-refractivity contribution in [3.05, 3.63) is 29.3 Å². The molecule has 6 nitrogen and oxygen atoms in total. The molecule has 3 rings (SSSR count). The van der Waals surface area contributed by atoms with Gasteiger partial charge in [-0.3, -0.25) is 4.90 Å². The summed E-state index contributed by atoms with van der Waals surface area (Å²) in [5.41, 5.74) is -0.319. The molecule has 1 aromatic carbocycles. The predicted molar refractivity (Wildman–Crippen MR) is 113 cm³/mol. The number of nitrogens with one attached hydrogen (secondary N) is 1. The van der Waals surface area contributed by atoms with E-state index >= 15 is 0 Å². The second-order valence-electron chi connectivity index (χ2n) is 8.60. The summed E-state index contributed by atoms with van der Waals surface area (Å²) in [5, 5.41) is 9.08. The van der Waals surface area contributed by atoms with E-state index in [-0.39, 0.29) is 11.6 Å². The molecule has 31 heavy (non-hydrogen) atoms. The van der Waals surface area contributed by atoms with E-state index in [1.165, 1.54) is 12.3 Å². The predicted octanol–water partition coefficient (Wildman–Crippen LogP) is 3.20.